The normalized spacial score (nSPS) is 10.5. The molecule has 0 saturated carbocycles. The van der Waals surface area contributed by atoms with E-state index in [0.29, 0.717) is 38.1 Å². The molecule has 0 aliphatic heterocycles. The minimum absolute atomic E-state index is 0.0964. The van der Waals surface area contributed by atoms with Gasteiger partial charge in [-0.3, -0.25) is 0 Å². The summed E-state index contributed by atoms with van der Waals surface area (Å²) in [4.78, 5) is 23.9. The molecule has 0 fully saturated rings. The number of esters is 2. The van der Waals surface area contributed by atoms with Gasteiger partial charge >= 0.3 is 11.9 Å². The number of halogens is 1. The molecule has 7 heteroatoms. The van der Waals surface area contributed by atoms with Crippen LogP contribution >= 0.6 is 11.6 Å². The molecule has 0 unspecified atom stereocenters. The molecule has 0 spiro atoms. The molecule has 160 valence electrons. The van der Waals surface area contributed by atoms with Crippen molar-refractivity contribution in [3.63, 3.8) is 0 Å². The Kier molecular flexibility index (Phi) is 7.51. The minimum atomic E-state index is -0.533. The van der Waals surface area contributed by atoms with Crippen LogP contribution in [0.3, 0.4) is 0 Å². The lowest BCUT2D eigenvalue weighted by atomic mass is 10.0. The molecular formula is C24H21ClO6. The van der Waals surface area contributed by atoms with Crippen LogP contribution < -0.4 is 9.47 Å². The number of carbonyl (C=O) groups excluding carboxylic acids is 2. The van der Waals surface area contributed by atoms with Gasteiger partial charge in [0, 0.05) is 21.5 Å². The van der Waals surface area contributed by atoms with E-state index in [1.807, 2.05) is 24.3 Å². The first kappa shape index (κ1) is 22.2. The standard InChI is InChI=1S/C24H21ClO6/c1-3-12-28-20(26)14-30-23-16-8-5-6-9-17(16)24(31-15-21(27)29-13-4-2)22-18(23)10-7-11-19(22)25/h3-11H,1-2,12-15H2. The van der Waals surface area contributed by atoms with Crippen molar-refractivity contribution in [3.05, 3.63) is 72.8 Å². The molecule has 0 aliphatic carbocycles. The highest BCUT2D eigenvalue weighted by molar-refractivity contribution is 6.37. The van der Waals surface area contributed by atoms with Gasteiger partial charge in [0.25, 0.3) is 0 Å². The summed E-state index contributed by atoms with van der Waals surface area (Å²) in [5.74, 6) is -0.169. The molecule has 0 heterocycles. The highest BCUT2D eigenvalue weighted by Gasteiger charge is 2.20. The predicted molar refractivity (Wildman–Crippen MR) is 120 cm³/mol. The van der Waals surface area contributed by atoms with Gasteiger partial charge in [-0.25, -0.2) is 9.59 Å². The van der Waals surface area contributed by atoms with E-state index < -0.39 is 11.9 Å². The van der Waals surface area contributed by atoms with Crippen LogP contribution in [-0.2, 0) is 19.1 Å². The van der Waals surface area contributed by atoms with E-state index in [2.05, 4.69) is 13.2 Å². The van der Waals surface area contributed by atoms with Crippen molar-refractivity contribution in [2.24, 2.45) is 0 Å². The summed E-state index contributed by atoms with van der Waals surface area (Å²) in [5, 5.41) is 2.99. The monoisotopic (exact) mass is 440 g/mol. The molecule has 0 N–H and O–H groups in total. The Balaban J connectivity index is 2.06. The molecule has 0 amide bonds. The van der Waals surface area contributed by atoms with E-state index in [-0.39, 0.29) is 26.4 Å². The zero-order valence-electron chi connectivity index (χ0n) is 16.8. The van der Waals surface area contributed by atoms with E-state index in [1.165, 1.54) is 12.2 Å². The molecule has 3 aromatic rings. The number of hydrogen-bond acceptors (Lipinski definition) is 6. The first-order chi connectivity index (χ1) is 15.1. The van der Waals surface area contributed by atoms with Crippen LogP contribution in [0.1, 0.15) is 0 Å². The van der Waals surface area contributed by atoms with Crippen LogP contribution in [0.5, 0.6) is 11.5 Å². The molecule has 3 rings (SSSR count). The number of rotatable bonds is 10. The summed E-state index contributed by atoms with van der Waals surface area (Å²) in [7, 11) is 0. The Hall–Kier alpha value is -3.51. The highest BCUT2D eigenvalue weighted by Crippen LogP contribution is 2.45. The van der Waals surface area contributed by atoms with Crippen molar-refractivity contribution in [1.29, 1.82) is 0 Å². The summed E-state index contributed by atoms with van der Waals surface area (Å²) in [6.45, 7) is 6.64. The van der Waals surface area contributed by atoms with Crippen LogP contribution in [-0.4, -0.2) is 38.4 Å². The van der Waals surface area contributed by atoms with Crippen LogP contribution in [0.25, 0.3) is 21.5 Å². The molecule has 0 bridgehead atoms. The van der Waals surface area contributed by atoms with Gasteiger partial charge in [-0.2, -0.15) is 0 Å². The van der Waals surface area contributed by atoms with Gasteiger partial charge in [-0.05, 0) is 6.07 Å². The molecule has 3 aromatic carbocycles. The quantitative estimate of drug-likeness (QED) is 0.254. The number of ether oxygens (including phenoxy) is 4. The molecule has 0 atom stereocenters. The van der Waals surface area contributed by atoms with Crippen LogP contribution in [0.4, 0.5) is 0 Å². The molecule has 31 heavy (non-hydrogen) atoms. The second-order valence-corrected chi connectivity index (χ2v) is 6.79. The maximum Gasteiger partial charge on any atom is 0.344 e. The Morgan fingerprint density at radius 2 is 1.29 bits per heavy atom. The highest BCUT2D eigenvalue weighted by atomic mass is 35.5. The van der Waals surface area contributed by atoms with E-state index in [1.54, 1.807) is 18.2 Å². The van der Waals surface area contributed by atoms with E-state index in [9.17, 15) is 9.59 Å². The Bertz CT molecular complexity index is 1140. The lowest BCUT2D eigenvalue weighted by molar-refractivity contribution is -0.145. The van der Waals surface area contributed by atoms with E-state index >= 15 is 0 Å². The van der Waals surface area contributed by atoms with E-state index in [4.69, 9.17) is 30.5 Å². The van der Waals surface area contributed by atoms with E-state index in [0.717, 1.165) is 0 Å². The zero-order chi connectivity index (χ0) is 22.2. The second kappa shape index (κ2) is 10.5. The number of benzene rings is 3. The fourth-order valence-electron chi connectivity index (χ4n) is 3.06. The number of carbonyl (C=O) groups is 2. The van der Waals surface area contributed by atoms with Gasteiger partial charge < -0.3 is 18.9 Å². The molecular weight excluding hydrogens is 420 g/mol. The molecule has 0 aromatic heterocycles. The Morgan fingerprint density at radius 3 is 1.87 bits per heavy atom. The van der Waals surface area contributed by atoms with Crippen molar-refractivity contribution >= 4 is 45.1 Å². The average Bonchev–Trinajstić information content (AvgIpc) is 2.78. The predicted octanol–water partition coefficient (Wildman–Crippen LogP) is 4.86. The van der Waals surface area contributed by atoms with Gasteiger partial charge in [0.15, 0.2) is 13.2 Å². The van der Waals surface area contributed by atoms with Crippen molar-refractivity contribution in [2.45, 2.75) is 0 Å². The first-order valence-corrected chi connectivity index (χ1v) is 9.86. The summed E-state index contributed by atoms with van der Waals surface area (Å²) in [5.41, 5.74) is 0. The number of fused-ring (bicyclic) bond motifs is 2. The van der Waals surface area contributed by atoms with Gasteiger partial charge in [-0.1, -0.05) is 73.3 Å². The Labute approximate surface area is 184 Å². The summed E-state index contributed by atoms with van der Waals surface area (Å²) >= 11 is 6.50. The third kappa shape index (κ3) is 5.16. The van der Waals surface area contributed by atoms with Gasteiger partial charge in [0.2, 0.25) is 0 Å². The maximum absolute atomic E-state index is 12.0. The molecule has 6 nitrogen and oxygen atoms in total. The number of hydrogen-bond donors (Lipinski definition) is 0. The summed E-state index contributed by atoms with van der Waals surface area (Å²) in [6.07, 6.45) is 2.96. The second-order valence-electron chi connectivity index (χ2n) is 6.39. The van der Waals surface area contributed by atoms with Gasteiger partial charge in [0.1, 0.15) is 24.7 Å². The smallest absolute Gasteiger partial charge is 0.344 e. The average molecular weight is 441 g/mol. The third-order valence-corrected chi connectivity index (χ3v) is 4.61. The van der Waals surface area contributed by atoms with Crippen molar-refractivity contribution in [1.82, 2.24) is 0 Å². The largest absolute Gasteiger partial charge is 0.481 e. The zero-order valence-corrected chi connectivity index (χ0v) is 17.5. The molecule has 0 saturated heterocycles. The Morgan fingerprint density at radius 1 is 0.774 bits per heavy atom. The topological polar surface area (TPSA) is 71.1 Å². The van der Waals surface area contributed by atoms with Crippen molar-refractivity contribution in [2.75, 3.05) is 26.4 Å². The SMILES string of the molecule is C=CCOC(=O)COc1c2ccccc2c(OCC(=O)OCC=C)c2c(Cl)cccc12. The van der Waals surface area contributed by atoms with Crippen LogP contribution in [0.2, 0.25) is 5.02 Å². The maximum atomic E-state index is 12.0. The summed E-state index contributed by atoms with van der Waals surface area (Å²) in [6, 6.07) is 12.6. The van der Waals surface area contributed by atoms with Crippen LogP contribution in [0.15, 0.2) is 67.8 Å². The molecule has 0 aliphatic rings. The van der Waals surface area contributed by atoms with Crippen molar-refractivity contribution < 1.29 is 28.5 Å². The van der Waals surface area contributed by atoms with Crippen LogP contribution in [0, 0.1) is 0 Å². The fraction of sp³-hybridized carbons (Fsp3) is 0.167. The van der Waals surface area contributed by atoms with Gasteiger partial charge in [0.05, 0.1) is 5.02 Å². The summed E-state index contributed by atoms with van der Waals surface area (Å²) < 4.78 is 21.7. The fourth-order valence-corrected chi connectivity index (χ4v) is 3.32. The van der Waals surface area contributed by atoms with Crippen molar-refractivity contribution in [3.8, 4) is 11.5 Å². The lowest BCUT2D eigenvalue weighted by Crippen LogP contribution is -2.16. The van der Waals surface area contributed by atoms with Gasteiger partial charge in [-0.15, -0.1) is 0 Å². The third-order valence-electron chi connectivity index (χ3n) is 4.29. The lowest BCUT2D eigenvalue weighted by Gasteiger charge is -2.18. The minimum Gasteiger partial charge on any atom is -0.481 e. The first-order valence-electron chi connectivity index (χ1n) is 9.48. The molecule has 0 radical (unpaired) electrons.